The van der Waals surface area contributed by atoms with Crippen molar-refractivity contribution in [3.8, 4) is 0 Å². The number of rotatable bonds is 0. The van der Waals surface area contributed by atoms with E-state index in [9.17, 15) is 5.11 Å². The molecule has 1 spiro atoms. The van der Waals surface area contributed by atoms with Crippen LogP contribution in [0.25, 0.3) is 0 Å². The molecule has 1 N–H and O–H groups in total. The summed E-state index contributed by atoms with van der Waals surface area (Å²) >= 11 is 0. The molecule has 170 valence electrons. The van der Waals surface area contributed by atoms with Gasteiger partial charge in [-0.2, -0.15) is 0 Å². The van der Waals surface area contributed by atoms with Gasteiger partial charge < -0.3 is 14.6 Å². The molecule has 2 heterocycles. The van der Waals surface area contributed by atoms with Crippen LogP contribution in [0.1, 0.15) is 91.9 Å². The Labute approximate surface area is 183 Å². The first-order chi connectivity index (χ1) is 14.3. The van der Waals surface area contributed by atoms with E-state index in [-0.39, 0.29) is 11.9 Å². The second-order valence-corrected chi connectivity index (χ2v) is 13.1. The average Bonchev–Trinajstić information content (AvgIpc) is 3.16. The quantitative estimate of drug-likeness (QED) is 0.543. The fourth-order valence-electron chi connectivity index (χ4n) is 10.3. The molecule has 6 aliphatic rings. The summed E-state index contributed by atoms with van der Waals surface area (Å²) in [6.45, 7) is 10.9. The first kappa shape index (κ1) is 20.5. The van der Waals surface area contributed by atoms with Crippen molar-refractivity contribution in [2.75, 3.05) is 6.61 Å². The van der Waals surface area contributed by atoms with E-state index in [0.29, 0.717) is 34.7 Å². The third kappa shape index (κ3) is 2.61. The summed E-state index contributed by atoms with van der Waals surface area (Å²) in [6.07, 6.45) is 12.9. The fraction of sp³-hybridized carbons (Fsp3) is 1.00. The molecule has 2 aliphatic heterocycles. The molecule has 4 aliphatic carbocycles. The largest absolute Gasteiger partial charge is 0.393 e. The van der Waals surface area contributed by atoms with Crippen LogP contribution in [0.4, 0.5) is 0 Å². The van der Waals surface area contributed by atoms with Crippen LogP contribution in [0.3, 0.4) is 0 Å². The Bertz CT molecular complexity index is 684. The zero-order chi connectivity index (χ0) is 20.9. The van der Waals surface area contributed by atoms with Gasteiger partial charge in [0.2, 0.25) is 0 Å². The zero-order valence-corrected chi connectivity index (χ0v) is 19.7. The number of ether oxygens (including phenoxy) is 2. The van der Waals surface area contributed by atoms with Crippen LogP contribution in [-0.2, 0) is 9.47 Å². The van der Waals surface area contributed by atoms with Crippen LogP contribution in [0, 0.1) is 52.3 Å². The van der Waals surface area contributed by atoms with Gasteiger partial charge in [-0.15, -0.1) is 0 Å². The highest BCUT2D eigenvalue weighted by molar-refractivity contribution is 5.15. The maximum absolute atomic E-state index is 10.3. The van der Waals surface area contributed by atoms with E-state index >= 15 is 0 Å². The minimum absolute atomic E-state index is 0.0389. The first-order valence-electron chi connectivity index (χ1n) is 13.3. The van der Waals surface area contributed by atoms with Gasteiger partial charge in [-0.3, -0.25) is 0 Å². The molecule has 0 unspecified atom stereocenters. The molecule has 2 saturated heterocycles. The van der Waals surface area contributed by atoms with Crippen molar-refractivity contribution in [3.05, 3.63) is 0 Å². The second-order valence-electron chi connectivity index (χ2n) is 13.1. The topological polar surface area (TPSA) is 38.7 Å². The summed E-state index contributed by atoms with van der Waals surface area (Å²) in [5, 5.41) is 10.3. The van der Waals surface area contributed by atoms with Crippen molar-refractivity contribution in [2.24, 2.45) is 52.3 Å². The molecule has 0 radical (unpaired) electrons. The molecule has 12 atom stereocenters. The predicted molar refractivity (Wildman–Crippen MR) is 118 cm³/mol. The van der Waals surface area contributed by atoms with Crippen molar-refractivity contribution in [1.82, 2.24) is 0 Å². The smallest absolute Gasteiger partial charge is 0.171 e. The molecule has 0 aromatic rings. The van der Waals surface area contributed by atoms with Crippen molar-refractivity contribution < 1.29 is 14.6 Å². The Morgan fingerprint density at radius 2 is 1.63 bits per heavy atom. The molecule has 3 heteroatoms. The summed E-state index contributed by atoms with van der Waals surface area (Å²) in [5.41, 5.74) is 0.899. The van der Waals surface area contributed by atoms with Gasteiger partial charge in [0.15, 0.2) is 5.79 Å². The highest BCUT2D eigenvalue weighted by Crippen LogP contribution is 2.71. The molecular weight excluding hydrogens is 372 g/mol. The van der Waals surface area contributed by atoms with Crippen molar-refractivity contribution in [3.63, 3.8) is 0 Å². The Morgan fingerprint density at radius 1 is 0.833 bits per heavy atom. The van der Waals surface area contributed by atoms with E-state index in [1.807, 2.05) is 0 Å². The minimum atomic E-state index is -0.282. The van der Waals surface area contributed by atoms with Gasteiger partial charge in [-0.05, 0) is 104 Å². The first-order valence-corrected chi connectivity index (χ1v) is 13.3. The van der Waals surface area contributed by atoms with Crippen LogP contribution >= 0.6 is 0 Å². The van der Waals surface area contributed by atoms with Crippen LogP contribution < -0.4 is 0 Å². The Morgan fingerprint density at radius 3 is 2.40 bits per heavy atom. The maximum Gasteiger partial charge on any atom is 0.171 e. The molecule has 0 aromatic heterocycles. The van der Waals surface area contributed by atoms with Gasteiger partial charge in [-0.1, -0.05) is 27.7 Å². The van der Waals surface area contributed by atoms with Crippen molar-refractivity contribution in [2.45, 2.75) is 110 Å². The van der Waals surface area contributed by atoms with Crippen LogP contribution in [0.5, 0.6) is 0 Å². The van der Waals surface area contributed by atoms with Crippen LogP contribution in [0.2, 0.25) is 0 Å². The van der Waals surface area contributed by atoms with Gasteiger partial charge in [0.1, 0.15) is 0 Å². The number of aliphatic hydroxyl groups excluding tert-OH is 1. The lowest BCUT2D eigenvalue weighted by atomic mass is 9.44. The van der Waals surface area contributed by atoms with Crippen LogP contribution in [0.15, 0.2) is 0 Å². The van der Waals surface area contributed by atoms with Crippen molar-refractivity contribution >= 4 is 0 Å². The van der Waals surface area contributed by atoms with Gasteiger partial charge >= 0.3 is 0 Å². The Kier molecular flexibility index (Phi) is 4.58. The molecule has 6 fully saturated rings. The van der Waals surface area contributed by atoms with Crippen molar-refractivity contribution in [1.29, 1.82) is 0 Å². The molecule has 0 amide bonds. The summed E-state index contributed by atoms with van der Waals surface area (Å²) in [5.74, 6) is 4.93. The number of hydrogen-bond acceptors (Lipinski definition) is 3. The summed E-state index contributed by atoms with van der Waals surface area (Å²) in [7, 11) is 0. The van der Waals surface area contributed by atoms with Crippen LogP contribution in [-0.4, -0.2) is 29.7 Å². The van der Waals surface area contributed by atoms with E-state index in [4.69, 9.17) is 9.47 Å². The van der Waals surface area contributed by atoms with E-state index in [1.54, 1.807) is 0 Å². The fourth-order valence-corrected chi connectivity index (χ4v) is 10.3. The highest BCUT2D eigenvalue weighted by atomic mass is 16.7. The Hall–Kier alpha value is -0.120. The predicted octanol–water partition coefficient (Wildman–Crippen LogP) is 5.79. The zero-order valence-electron chi connectivity index (χ0n) is 19.7. The molecule has 4 saturated carbocycles. The molecule has 3 nitrogen and oxygen atoms in total. The third-order valence-corrected chi connectivity index (χ3v) is 11.9. The number of aliphatic hydroxyl groups is 1. The standard InChI is InChI=1S/C27H44O3/c1-16-7-12-27(29-15-16)17(2)24-23(30-27)14-22-20-6-5-18-13-19(28)8-10-25(18,3)21(20)9-11-26(22,24)4/h16-24,28H,5-15H2,1-4H3/t16-,17-,18-,19+,20+,21-,22-,23-,24-,25-,26-,27+/m0/s1. The van der Waals surface area contributed by atoms with Gasteiger partial charge in [-0.25, -0.2) is 0 Å². The Balaban J connectivity index is 1.26. The highest BCUT2D eigenvalue weighted by Gasteiger charge is 2.69. The SMILES string of the molecule is C[C@H]1CC[C@@]2(OC1)O[C@H]1C[C@H]3[C@@H]4CC[C@H]5C[C@H](O)CC[C@]5(C)[C@H]4CC[C@]3(C)[C@H]1[C@@H]2C. The summed E-state index contributed by atoms with van der Waals surface area (Å²) in [6, 6.07) is 0. The molecule has 6 rings (SSSR count). The number of fused-ring (bicyclic) bond motifs is 7. The third-order valence-electron chi connectivity index (χ3n) is 11.9. The molecule has 0 bridgehead atoms. The van der Waals surface area contributed by atoms with Gasteiger partial charge in [0.25, 0.3) is 0 Å². The molecule has 0 aromatic carbocycles. The van der Waals surface area contributed by atoms with Gasteiger partial charge in [0, 0.05) is 12.3 Å². The number of hydrogen-bond donors (Lipinski definition) is 1. The monoisotopic (exact) mass is 416 g/mol. The average molecular weight is 417 g/mol. The lowest BCUT2D eigenvalue weighted by Gasteiger charge is -2.61. The summed E-state index contributed by atoms with van der Waals surface area (Å²) in [4.78, 5) is 0. The van der Waals surface area contributed by atoms with E-state index in [0.717, 1.165) is 49.5 Å². The minimum Gasteiger partial charge on any atom is -0.393 e. The van der Waals surface area contributed by atoms with Gasteiger partial charge in [0.05, 0.1) is 18.8 Å². The lowest BCUT2D eigenvalue weighted by Crippen LogP contribution is -2.55. The molecule has 30 heavy (non-hydrogen) atoms. The van der Waals surface area contributed by atoms with E-state index in [1.165, 1.54) is 44.9 Å². The molecular formula is C27H44O3. The summed E-state index contributed by atoms with van der Waals surface area (Å²) < 4.78 is 13.4. The lowest BCUT2D eigenvalue weighted by molar-refractivity contribution is -0.273. The maximum atomic E-state index is 10.3. The van der Waals surface area contributed by atoms with E-state index in [2.05, 4.69) is 27.7 Å². The normalized spacial score (nSPS) is 62.5. The van der Waals surface area contributed by atoms with E-state index < -0.39 is 0 Å². The second kappa shape index (κ2) is 6.70.